The van der Waals surface area contributed by atoms with Crippen LogP contribution in [0.5, 0.6) is 5.75 Å². The Morgan fingerprint density at radius 3 is 2.68 bits per heavy atom. The maximum Gasteiger partial charge on any atom is 0.298 e. The van der Waals surface area contributed by atoms with E-state index in [0.717, 1.165) is 24.8 Å². The van der Waals surface area contributed by atoms with Gasteiger partial charge in [0, 0.05) is 18.1 Å². The second-order valence-corrected chi connectivity index (χ2v) is 8.67. The number of fused-ring (bicyclic) bond motifs is 1. The molecule has 7 nitrogen and oxygen atoms in total. The van der Waals surface area contributed by atoms with E-state index in [2.05, 4.69) is 11.9 Å². The summed E-state index contributed by atoms with van der Waals surface area (Å²) in [6.07, 6.45) is 1.41. The Hall–Kier alpha value is -2.75. The summed E-state index contributed by atoms with van der Waals surface area (Å²) in [4.78, 5) is 4.34. The van der Waals surface area contributed by atoms with Crippen LogP contribution in [0.15, 0.2) is 63.7 Å². The molecule has 9 heteroatoms. The number of nitrogens with two attached hydrogens (primary N) is 1. The fourth-order valence-electron chi connectivity index (χ4n) is 2.78. The van der Waals surface area contributed by atoms with Gasteiger partial charge in [-0.2, -0.15) is 8.42 Å². The number of rotatable bonds is 10. The molecular formula is C22H25FN2O5S. The van der Waals surface area contributed by atoms with Crippen molar-refractivity contribution in [3.05, 3.63) is 65.8 Å². The van der Waals surface area contributed by atoms with Gasteiger partial charge in [0.15, 0.2) is 17.7 Å². The average molecular weight is 449 g/mol. The van der Waals surface area contributed by atoms with E-state index >= 15 is 0 Å². The number of aromatic nitrogens is 1. The first-order chi connectivity index (χ1) is 14.8. The standard InChI is InChI=1S/C22H25FN2O5S/c1-3-4-5-21-25-19-11-8-17(12-20(19)29-21)28-14-16(13-23)22(24)30-31(26,27)18-9-6-15(2)7-10-18/h6-13,22H,3-5,14,24H2,1-2H3/b16-13+. The van der Waals surface area contributed by atoms with Gasteiger partial charge in [-0.3, -0.25) is 0 Å². The van der Waals surface area contributed by atoms with Crippen molar-refractivity contribution in [2.24, 2.45) is 5.73 Å². The molecule has 0 amide bonds. The van der Waals surface area contributed by atoms with Gasteiger partial charge in [-0.15, -0.1) is 0 Å². The molecular weight excluding hydrogens is 423 g/mol. The zero-order valence-electron chi connectivity index (χ0n) is 17.4. The van der Waals surface area contributed by atoms with Crippen LogP contribution < -0.4 is 10.5 Å². The normalized spacial score (nSPS) is 13.5. The van der Waals surface area contributed by atoms with Crippen LogP contribution in [0.4, 0.5) is 4.39 Å². The summed E-state index contributed by atoms with van der Waals surface area (Å²) in [6.45, 7) is 3.61. The number of unbranched alkanes of at least 4 members (excludes halogenated alkanes) is 1. The minimum absolute atomic E-state index is 0.0673. The Morgan fingerprint density at radius 2 is 2.00 bits per heavy atom. The average Bonchev–Trinajstić information content (AvgIpc) is 3.14. The first-order valence-electron chi connectivity index (χ1n) is 9.89. The molecule has 0 saturated heterocycles. The number of aryl methyl sites for hydroxylation is 2. The van der Waals surface area contributed by atoms with E-state index in [1.54, 1.807) is 30.3 Å². The van der Waals surface area contributed by atoms with Crippen LogP contribution in [0.25, 0.3) is 11.1 Å². The number of hydrogen-bond acceptors (Lipinski definition) is 7. The van der Waals surface area contributed by atoms with Gasteiger partial charge in [0.2, 0.25) is 0 Å². The maximum atomic E-state index is 13.4. The first-order valence-corrected chi connectivity index (χ1v) is 11.3. The third kappa shape index (κ3) is 5.90. The number of ether oxygens (including phenoxy) is 1. The van der Waals surface area contributed by atoms with Crippen LogP contribution in [-0.4, -0.2) is 26.2 Å². The fraction of sp³-hybridized carbons (Fsp3) is 0.318. The second kappa shape index (κ2) is 10.0. The molecule has 0 aliphatic heterocycles. The maximum absolute atomic E-state index is 13.4. The minimum atomic E-state index is -4.16. The molecule has 31 heavy (non-hydrogen) atoms. The number of nitrogens with zero attached hydrogens (tertiary/aromatic N) is 1. The molecule has 1 atom stereocenters. The highest BCUT2D eigenvalue weighted by Crippen LogP contribution is 2.23. The van der Waals surface area contributed by atoms with Crippen molar-refractivity contribution in [2.75, 3.05) is 6.61 Å². The van der Waals surface area contributed by atoms with Crippen molar-refractivity contribution < 1.29 is 26.1 Å². The van der Waals surface area contributed by atoms with Crippen molar-refractivity contribution in [1.29, 1.82) is 0 Å². The van der Waals surface area contributed by atoms with E-state index in [1.165, 1.54) is 12.1 Å². The Kier molecular flexibility index (Phi) is 7.42. The zero-order valence-corrected chi connectivity index (χ0v) is 18.2. The molecule has 1 aromatic heterocycles. The van der Waals surface area contributed by atoms with E-state index in [-0.39, 0.29) is 23.4 Å². The van der Waals surface area contributed by atoms with E-state index in [4.69, 9.17) is 19.1 Å². The van der Waals surface area contributed by atoms with E-state index in [0.29, 0.717) is 22.7 Å². The summed E-state index contributed by atoms with van der Waals surface area (Å²) in [5, 5.41) is 0. The molecule has 0 aliphatic carbocycles. The van der Waals surface area contributed by atoms with Gasteiger partial charge in [-0.25, -0.2) is 13.6 Å². The third-order valence-corrected chi connectivity index (χ3v) is 5.91. The van der Waals surface area contributed by atoms with Gasteiger partial charge in [0.25, 0.3) is 10.1 Å². The molecule has 0 bridgehead atoms. The van der Waals surface area contributed by atoms with E-state index in [1.807, 2.05) is 6.92 Å². The van der Waals surface area contributed by atoms with Gasteiger partial charge in [0.1, 0.15) is 17.9 Å². The van der Waals surface area contributed by atoms with Crippen LogP contribution in [0.1, 0.15) is 31.2 Å². The monoisotopic (exact) mass is 448 g/mol. The van der Waals surface area contributed by atoms with Crippen LogP contribution in [0.3, 0.4) is 0 Å². The summed E-state index contributed by atoms with van der Waals surface area (Å²) in [5.74, 6) is 1.05. The highest BCUT2D eigenvalue weighted by Gasteiger charge is 2.22. The predicted octanol–water partition coefficient (Wildman–Crippen LogP) is 4.40. The number of oxazole rings is 1. The molecule has 3 aromatic rings. The Balaban J connectivity index is 1.64. The predicted molar refractivity (Wildman–Crippen MR) is 115 cm³/mol. The SMILES string of the molecule is CCCCc1nc2ccc(OC/C(=C\F)C(N)OS(=O)(=O)c3ccc(C)cc3)cc2o1. The van der Waals surface area contributed by atoms with Crippen molar-refractivity contribution >= 4 is 21.2 Å². The fourth-order valence-corrected chi connectivity index (χ4v) is 3.76. The lowest BCUT2D eigenvalue weighted by Gasteiger charge is -2.16. The molecule has 2 N–H and O–H groups in total. The van der Waals surface area contributed by atoms with Crippen LogP contribution in [0.2, 0.25) is 0 Å². The molecule has 0 spiro atoms. The summed E-state index contributed by atoms with van der Waals surface area (Å²) in [7, 11) is -4.16. The highest BCUT2D eigenvalue weighted by molar-refractivity contribution is 7.86. The van der Waals surface area contributed by atoms with Gasteiger partial charge in [-0.05, 0) is 37.6 Å². The number of benzene rings is 2. The van der Waals surface area contributed by atoms with Crippen molar-refractivity contribution in [3.63, 3.8) is 0 Å². The highest BCUT2D eigenvalue weighted by atomic mass is 32.2. The molecule has 0 saturated carbocycles. The molecule has 0 radical (unpaired) electrons. The third-order valence-electron chi connectivity index (χ3n) is 4.60. The Labute approximate surface area is 180 Å². The van der Waals surface area contributed by atoms with Crippen LogP contribution >= 0.6 is 0 Å². The molecule has 2 aromatic carbocycles. The van der Waals surface area contributed by atoms with Crippen molar-refractivity contribution in [2.45, 2.75) is 44.2 Å². The zero-order chi connectivity index (χ0) is 22.4. The lowest BCUT2D eigenvalue weighted by Crippen LogP contribution is -2.31. The minimum Gasteiger partial charge on any atom is -0.489 e. The number of halogens is 1. The molecule has 166 valence electrons. The van der Waals surface area contributed by atoms with Gasteiger partial charge in [0.05, 0.1) is 11.2 Å². The van der Waals surface area contributed by atoms with Gasteiger partial charge in [-0.1, -0.05) is 31.0 Å². The first kappa shape index (κ1) is 22.9. The number of hydrogen-bond donors (Lipinski definition) is 1. The topological polar surface area (TPSA) is 105 Å². The molecule has 0 aliphatic rings. The second-order valence-electron chi connectivity index (χ2n) is 7.10. The van der Waals surface area contributed by atoms with E-state index in [9.17, 15) is 12.8 Å². The smallest absolute Gasteiger partial charge is 0.298 e. The molecule has 0 fully saturated rings. The Bertz CT molecular complexity index is 1160. The molecule has 3 rings (SSSR count). The summed E-state index contributed by atoms with van der Waals surface area (Å²) >= 11 is 0. The summed E-state index contributed by atoms with van der Waals surface area (Å²) in [6, 6.07) is 11.1. The summed E-state index contributed by atoms with van der Waals surface area (Å²) < 4.78 is 54.3. The van der Waals surface area contributed by atoms with Crippen LogP contribution in [-0.2, 0) is 20.7 Å². The van der Waals surface area contributed by atoms with Crippen molar-refractivity contribution in [1.82, 2.24) is 4.98 Å². The quantitative estimate of drug-likeness (QED) is 0.362. The summed E-state index contributed by atoms with van der Waals surface area (Å²) in [5.41, 5.74) is 7.74. The van der Waals surface area contributed by atoms with Crippen LogP contribution in [0, 0.1) is 6.92 Å². The largest absolute Gasteiger partial charge is 0.489 e. The Morgan fingerprint density at radius 1 is 1.26 bits per heavy atom. The molecule has 1 unspecified atom stereocenters. The lowest BCUT2D eigenvalue weighted by molar-refractivity contribution is 0.225. The van der Waals surface area contributed by atoms with Gasteiger partial charge < -0.3 is 14.9 Å². The van der Waals surface area contributed by atoms with Gasteiger partial charge >= 0.3 is 0 Å². The van der Waals surface area contributed by atoms with E-state index < -0.39 is 16.3 Å². The lowest BCUT2D eigenvalue weighted by atomic mass is 10.2. The molecule has 1 heterocycles. The van der Waals surface area contributed by atoms with Crippen molar-refractivity contribution in [3.8, 4) is 5.75 Å².